The van der Waals surface area contributed by atoms with Gasteiger partial charge < -0.3 is 0 Å². The largest absolute Gasteiger partial charge is 0.272 e. The molecule has 0 saturated heterocycles. The fourth-order valence-electron chi connectivity index (χ4n) is 1.45. The maximum absolute atomic E-state index is 8.79. The highest BCUT2D eigenvalue weighted by Crippen LogP contribution is 2.19. The molecule has 3 heteroatoms. The van der Waals surface area contributed by atoms with Gasteiger partial charge in [-0.2, -0.15) is 10.4 Å². The molecule has 0 aliphatic carbocycles. The Hall–Kier alpha value is -2.08. The maximum atomic E-state index is 8.79. The normalized spacial score (nSPS) is 9.93. The predicted octanol–water partition coefficient (Wildman–Crippen LogP) is 2.27. The van der Waals surface area contributed by atoms with Crippen LogP contribution in [0.2, 0.25) is 0 Å². The van der Waals surface area contributed by atoms with Crippen molar-refractivity contribution < 1.29 is 0 Å². The quantitative estimate of drug-likeness (QED) is 0.703. The molecule has 0 aliphatic heterocycles. The average molecular weight is 197 g/mol. The lowest BCUT2D eigenvalue weighted by atomic mass is 10.1. The van der Waals surface area contributed by atoms with Gasteiger partial charge >= 0.3 is 0 Å². The average Bonchev–Trinajstić information content (AvgIpc) is 2.59. The third-order valence-corrected chi connectivity index (χ3v) is 2.40. The predicted molar refractivity (Wildman–Crippen MR) is 58.1 cm³/mol. The molecular weight excluding hydrogens is 186 g/mol. The van der Waals surface area contributed by atoms with Gasteiger partial charge in [0.15, 0.2) is 0 Å². The van der Waals surface area contributed by atoms with E-state index in [0.717, 1.165) is 17.0 Å². The van der Waals surface area contributed by atoms with Crippen LogP contribution in [0, 0.1) is 18.3 Å². The summed E-state index contributed by atoms with van der Waals surface area (Å²) in [5.74, 6) is 0. The van der Waals surface area contributed by atoms with Crippen molar-refractivity contribution in [3.05, 3.63) is 41.6 Å². The summed E-state index contributed by atoms with van der Waals surface area (Å²) in [6, 6.07) is 11.6. The SMILES string of the molecule is Cc1cc(-c2cccc(C#N)c2)nn1C. The van der Waals surface area contributed by atoms with E-state index in [0.29, 0.717) is 5.56 Å². The molecule has 0 fully saturated rings. The Morgan fingerprint density at radius 2 is 2.13 bits per heavy atom. The molecule has 15 heavy (non-hydrogen) atoms. The molecule has 2 rings (SSSR count). The van der Waals surface area contributed by atoms with Gasteiger partial charge in [0.2, 0.25) is 0 Å². The molecule has 0 unspecified atom stereocenters. The minimum atomic E-state index is 0.663. The van der Waals surface area contributed by atoms with Crippen molar-refractivity contribution >= 4 is 0 Å². The molecule has 0 amide bonds. The summed E-state index contributed by atoms with van der Waals surface area (Å²) in [6.07, 6.45) is 0. The number of rotatable bonds is 1. The molecule has 74 valence electrons. The molecule has 1 heterocycles. The number of hydrogen-bond donors (Lipinski definition) is 0. The third-order valence-electron chi connectivity index (χ3n) is 2.40. The van der Waals surface area contributed by atoms with Crippen LogP contribution in [0.4, 0.5) is 0 Å². The first-order valence-electron chi connectivity index (χ1n) is 4.72. The first-order chi connectivity index (χ1) is 7.20. The van der Waals surface area contributed by atoms with Gasteiger partial charge in [-0.3, -0.25) is 4.68 Å². The van der Waals surface area contributed by atoms with Crippen LogP contribution in [-0.2, 0) is 7.05 Å². The molecule has 0 N–H and O–H groups in total. The van der Waals surface area contributed by atoms with E-state index < -0.39 is 0 Å². The van der Waals surface area contributed by atoms with Gasteiger partial charge in [-0.15, -0.1) is 0 Å². The molecule has 0 atom stereocenters. The van der Waals surface area contributed by atoms with Crippen molar-refractivity contribution in [1.82, 2.24) is 9.78 Å². The maximum Gasteiger partial charge on any atom is 0.0991 e. The first-order valence-corrected chi connectivity index (χ1v) is 4.72. The van der Waals surface area contributed by atoms with E-state index in [1.54, 1.807) is 6.07 Å². The molecule has 0 aliphatic rings. The van der Waals surface area contributed by atoms with Crippen molar-refractivity contribution in [3.63, 3.8) is 0 Å². The van der Waals surface area contributed by atoms with Gasteiger partial charge in [0.25, 0.3) is 0 Å². The fourth-order valence-corrected chi connectivity index (χ4v) is 1.45. The van der Waals surface area contributed by atoms with E-state index in [9.17, 15) is 0 Å². The first kappa shape index (κ1) is 9.47. The van der Waals surface area contributed by atoms with Crippen LogP contribution in [0.15, 0.2) is 30.3 Å². The van der Waals surface area contributed by atoms with Crippen LogP contribution < -0.4 is 0 Å². The van der Waals surface area contributed by atoms with E-state index in [1.807, 2.05) is 42.9 Å². The van der Waals surface area contributed by atoms with Crippen LogP contribution in [-0.4, -0.2) is 9.78 Å². The number of aryl methyl sites for hydroxylation is 2. The smallest absolute Gasteiger partial charge is 0.0991 e. The van der Waals surface area contributed by atoms with Gasteiger partial charge in [0.1, 0.15) is 0 Å². The Kier molecular flexibility index (Phi) is 2.26. The molecule has 2 aromatic rings. The third kappa shape index (κ3) is 1.75. The minimum Gasteiger partial charge on any atom is -0.272 e. The summed E-state index contributed by atoms with van der Waals surface area (Å²) in [6.45, 7) is 2.00. The number of aromatic nitrogens is 2. The second kappa shape index (κ2) is 3.58. The minimum absolute atomic E-state index is 0.663. The molecule has 0 radical (unpaired) electrons. The lowest BCUT2D eigenvalue weighted by Gasteiger charge is -1.96. The molecular formula is C12H11N3. The molecule has 0 bridgehead atoms. The Morgan fingerprint density at radius 1 is 1.33 bits per heavy atom. The molecule has 1 aromatic carbocycles. The highest BCUT2D eigenvalue weighted by atomic mass is 15.3. The Morgan fingerprint density at radius 3 is 2.73 bits per heavy atom. The van der Waals surface area contributed by atoms with Gasteiger partial charge in [0.05, 0.1) is 17.3 Å². The van der Waals surface area contributed by atoms with Gasteiger partial charge in [-0.1, -0.05) is 12.1 Å². The van der Waals surface area contributed by atoms with E-state index >= 15 is 0 Å². The molecule has 0 saturated carbocycles. The number of nitrogens with zero attached hydrogens (tertiary/aromatic N) is 3. The molecule has 3 nitrogen and oxygen atoms in total. The number of nitriles is 1. The topological polar surface area (TPSA) is 41.6 Å². The van der Waals surface area contributed by atoms with Crippen LogP contribution in [0.3, 0.4) is 0 Å². The van der Waals surface area contributed by atoms with Crippen LogP contribution in [0.5, 0.6) is 0 Å². The second-order valence-electron chi connectivity index (χ2n) is 3.49. The fraction of sp³-hybridized carbons (Fsp3) is 0.167. The summed E-state index contributed by atoms with van der Waals surface area (Å²) in [5, 5.41) is 13.2. The summed E-state index contributed by atoms with van der Waals surface area (Å²) >= 11 is 0. The second-order valence-corrected chi connectivity index (χ2v) is 3.49. The summed E-state index contributed by atoms with van der Waals surface area (Å²) < 4.78 is 1.83. The van der Waals surface area contributed by atoms with Crippen molar-refractivity contribution in [2.24, 2.45) is 7.05 Å². The highest BCUT2D eigenvalue weighted by Gasteiger charge is 2.04. The Bertz CT molecular complexity index is 513. The number of benzene rings is 1. The zero-order valence-corrected chi connectivity index (χ0v) is 8.73. The monoisotopic (exact) mass is 197 g/mol. The zero-order chi connectivity index (χ0) is 10.8. The van der Waals surface area contributed by atoms with Crippen molar-refractivity contribution in [2.45, 2.75) is 6.92 Å². The van der Waals surface area contributed by atoms with Crippen LogP contribution in [0.1, 0.15) is 11.3 Å². The highest BCUT2D eigenvalue weighted by molar-refractivity contribution is 5.61. The van der Waals surface area contributed by atoms with E-state index in [4.69, 9.17) is 5.26 Å². The molecule has 0 spiro atoms. The van der Waals surface area contributed by atoms with Gasteiger partial charge in [-0.05, 0) is 25.1 Å². The van der Waals surface area contributed by atoms with Gasteiger partial charge in [0, 0.05) is 18.3 Å². The summed E-state index contributed by atoms with van der Waals surface area (Å²) in [7, 11) is 1.91. The Balaban J connectivity index is 2.50. The molecule has 1 aromatic heterocycles. The van der Waals surface area contributed by atoms with Crippen LogP contribution in [0.25, 0.3) is 11.3 Å². The lowest BCUT2D eigenvalue weighted by molar-refractivity contribution is 0.743. The van der Waals surface area contributed by atoms with Crippen LogP contribution >= 0.6 is 0 Å². The van der Waals surface area contributed by atoms with E-state index in [-0.39, 0.29) is 0 Å². The van der Waals surface area contributed by atoms with E-state index in [2.05, 4.69) is 11.2 Å². The number of hydrogen-bond acceptors (Lipinski definition) is 2. The Labute approximate surface area is 88.6 Å². The lowest BCUT2D eigenvalue weighted by Crippen LogP contribution is -1.92. The van der Waals surface area contributed by atoms with Crippen molar-refractivity contribution in [3.8, 4) is 17.3 Å². The van der Waals surface area contributed by atoms with E-state index in [1.165, 1.54) is 0 Å². The zero-order valence-electron chi connectivity index (χ0n) is 8.73. The van der Waals surface area contributed by atoms with Crippen molar-refractivity contribution in [2.75, 3.05) is 0 Å². The van der Waals surface area contributed by atoms with Crippen molar-refractivity contribution in [1.29, 1.82) is 5.26 Å². The summed E-state index contributed by atoms with van der Waals surface area (Å²) in [4.78, 5) is 0. The summed E-state index contributed by atoms with van der Waals surface area (Å²) in [5.41, 5.74) is 3.66. The standard InChI is InChI=1S/C12H11N3/c1-9-6-12(14-15(9)2)11-5-3-4-10(7-11)8-13/h3-7H,1-2H3. The van der Waals surface area contributed by atoms with Gasteiger partial charge in [-0.25, -0.2) is 0 Å².